The Bertz CT molecular complexity index is 701. The zero-order chi connectivity index (χ0) is 16.1. The van der Waals surface area contributed by atoms with Crippen molar-refractivity contribution in [3.63, 3.8) is 0 Å². The summed E-state index contributed by atoms with van der Waals surface area (Å²) >= 11 is 0. The molecule has 23 heavy (non-hydrogen) atoms. The van der Waals surface area contributed by atoms with E-state index in [2.05, 4.69) is 25.4 Å². The van der Waals surface area contributed by atoms with Crippen LogP contribution in [-0.2, 0) is 4.74 Å². The Morgan fingerprint density at radius 3 is 2.83 bits per heavy atom. The highest BCUT2D eigenvalue weighted by atomic mass is 19.1. The third-order valence-electron chi connectivity index (χ3n) is 3.42. The monoisotopic (exact) mass is 315 g/mol. The van der Waals surface area contributed by atoms with Gasteiger partial charge in [-0.3, -0.25) is 5.43 Å². The van der Waals surface area contributed by atoms with E-state index in [1.165, 1.54) is 12.3 Å². The molecule has 0 atom stereocenters. The standard InChI is InChI=1S/C16H18FN5O/c1-12-10-15(20-16(19-12)22-6-8-23-9-7-22)21-18-11-13-4-2-3-5-14(13)17/h2-5,10-11H,6-9H2,1H3,(H,19,20,21). The van der Waals surface area contributed by atoms with Gasteiger partial charge in [0.2, 0.25) is 5.95 Å². The zero-order valence-electron chi connectivity index (χ0n) is 12.9. The molecule has 1 aromatic carbocycles. The van der Waals surface area contributed by atoms with Crippen LogP contribution < -0.4 is 10.3 Å². The van der Waals surface area contributed by atoms with Crippen LogP contribution in [0.3, 0.4) is 0 Å². The molecule has 0 saturated carbocycles. The van der Waals surface area contributed by atoms with Gasteiger partial charge in [-0.25, -0.2) is 9.37 Å². The third-order valence-corrected chi connectivity index (χ3v) is 3.42. The average Bonchev–Trinajstić information content (AvgIpc) is 2.57. The van der Waals surface area contributed by atoms with E-state index in [0.29, 0.717) is 30.5 Å². The van der Waals surface area contributed by atoms with Crippen molar-refractivity contribution >= 4 is 18.0 Å². The van der Waals surface area contributed by atoms with Gasteiger partial charge in [0.15, 0.2) is 5.82 Å². The molecule has 1 aliphatic heterocycles. The molecule has 0 aliphatic carbocycles. The average molecular weight is 315 g/mol. The number of halogens is 1. The van der Waals surface area contributed by atoms with Gasteiger partial charge >= 0.3 is 0 Å². The molecule has 3 rings (SSSR count). The smallest absolute Gasteiger partial charge is 0.227 e. The van der Waals surface area contributed by atoms with E-state index in [1.54, 1.807) is 24.3 Å². The maximum Gasteiger partial charge on any atom is 0.227 e. The van der Waals surface area contributed by atoms with E-state index in [0.717, 1.165) is 18.8 Å². The predicted octanol–water partition coefficient (Wildman–Crippen LogP) is 2.21. The first-order chi connectivity index (χ1) is 11.2. The Labute approximate surface area is 134 Å². The highest BCUT2D eigenvalue weighted by molar-refractivity contribution is 5.80. The van der Waals surface area contributed by atoms with E-state index in [-0.39, 0.29) is 5.82 Å². The summed E-state index contributed by atoms with van der Waals surface area (Å²) in [4.78, 5) is 11.0. The lowest BCUT2D eigenvalue weighted by Gasteiger charge is -2.27. The Balaban J connectivity index is 1.72. The first-order valence-electron chi connectivity index (χ1n) is 7.44. The van der Waals surface area contributed by atoms with Crippen LogP contribution in [0.5, 0.6) is 0 Å². The molecule has 0 bridgehead atoms. The van der Waals surface area contributed by atoms with Crippen molar-refractivity contribution in [1.29, 1.82) is 0 Å². The Hall–Kier alpha value is -2.54. The van der Waals surface area contributed by atoms with Gasteiger partial charge in [-0.05, 0) is 13.0 Å². The second-order valence-electron chi connectivity index (χ2n) is 5.19. The Kier molecular flexibility index (Phi) is 4.77. The van der Waals surface area contributed by atoms with Crippen LogP contribution in [0.25, 0.3) is 0 Å². The van der Waals surface area contributed by atoms with Crippen LogP contribution in [0.1, 0.15) is 11.3 Å². The molecule has 0 radical (unpaired) electrons. The summed E-state index contributed by atoms with van der Waals surface area (Å²) in [5.74, 6) is 0.911. The number of hydrazone groups is 1. The van der Waals surface area contributed by atoms with Crippen LogP contribution in [0, 0.1) is 12.7 Å². The summed E-state index contributed by atoms with van der Waals surface area (Å²) in [5.41, 5.74) is 4.09. The van der Waals surface area contributed by atoms with Crippen molar-refractivity contribution in [2.45, 2.75) is 6.92 Å². The number of ether oxygens (including phenoxy) is 1. The van der Waals surface area contributed by atoms with Crippen molar-refractivity contribution in [1.82, 2.24) is 9.97 Å². The molecular weight excluding hydrogens is 297 g/mol. The molecule has 2 aromatic rings. The molecule has 1 saturated heterocycles. The molecule has 1 aliphatic rings. The number of nitrogens with one attached hydrogen (secondary N) is 1. The van der Waals surface area contributed by atoms with Gasteiger partial charge in [-0.15, -0.1) is 0 Å². The van der Waals surface area contributed by atoms with Crippen LogP contribution in [0.4, 0.5) is 16.2 Å². The van der Waals surface area contributed by atoms with Crippen molar-refractivity contribution < 1.29 is 9.13 Å². The van der Waals surface area contributed by atoms with E-state index < -0.39 is 0 Å². The maximum atomic E-state index is 13.5. The molecule has 7 heteroatoms. The van der Waals surface area contributed by atoms with Gasteiger partial charge in [0.1, 0.15) is 5.82 Å². The summed E-state index contributed by atoms with van der Waals surface area (Å²) in [6, 6.07) is 8.25. The van der Waals surface area contributed by atoms with Crippen molar-refractivity contribution in [2.24, 2.45) is 5.10 Å². The molecule has 0 unspecified atom stereocenters. The van der Waals surface area contributed by atoms with Gasteiger partial charge in [-0.2, -0.15) is 10.1 Å². The first-order valence-corrected chi connectivity index (χ1v) is 7.44. The van der Waals surface area contributed by atoms with E-state index in [9.17, 15) is 4.39 Å². The quantitative estimate of drug-likeness (QED) is 0.692. The van der Waals surface area contributed by atoms with Crippen molar-refractivity contribution in [3.05, 3.63) is 47.4 Å². The number of hydrogen-bond donors (Lipinski definition) is 1. The number of benzene rings is 1. The number of aromatic nitrogens is 2. The lowest BCUT2D eigenvalue weighted by molar-refractivity contribution is 0.122. The second-order valence-corrected chi connectivity index (χ2v) is 5.19. The highest BCUT2D eigenvalue weighted by Gasteiger charge is 2.14. The summed E-state index contributed by atoms with van der Waals surface area (Å²) in [6.45, 7) is 4.77. The summed E-state index contributed by atoms with van der Waals surface area (Å²) in [7, 11) is 0. The van der Waals surface area contributed by atoms with Gasteiger partial charge < -0.3 is 9.64 Å². The Morgan fingerprint density at radius 2 is 2.04 bits per heavy atom. The molecule has 1 aromatic heterocycles. The lowest BCUT2D eigenvalue weighted by atomic mass is 10.2. The largest absolute Gasteiger partial charge is 0.378 e. The minimum atomic E-state index is -0.314. The normalized spacial score (nSPS) is 15.1. The van der Waals surface area contributed by atoms with Crippen LogP contribution >= 0.6 is 0 Å². The minimum absolute atomic E-state index is 0.314. The number of anilines is 2. The minimum Gasteiger partial charge on any atom is -0.378 e. The fraction of sp³-hybridized carbons (Fsp3) is 0.312. The fourth-order valence-electron chi connectivity index (χ4n) is 2.26. The van der Waals surface area contributed by atoms with Crippen molar-refractivity contribution in [3.8, 4) is 0 Å². The fourth-order valence-corrected chi connectivity index (χ4v) is 2.26. The molecular formula is C16H18FN5O. The van der Waals surface area contributed by atoms with E-state index in [4.69, 9.17) is 4.74 Å². The van der Waals surface area contributed by atoms with Gasteiger partial charge in [0.25, 0.3) is 0 Å². The van der Waals surface area contributed by atoms with Crippen LogP contribution in [0.2, 0.25) is 0 Å². The predicted molar refractivity (Wildman–Crippen MR) is 87.4 cm³/mol. The van der Waals surface area contributed by atoms with E-state index in [1.807, 2.05) is 6.92 Å². The van der Waals surface area contributed by atoms with Gasteiger partial charge in [0.05, 0.1) is 19.4 Å². The molecule has 1 N–H and O–H groups in total. The number of nitrogens with zero attached hydrogens (tertiary/aromatic N) is 4. The van der Waals surface area contributed by atoms with Crippen LogP contribution in [-0.4, -0.2) is 42.5 Å². The lowest BCUT2D eigenvalue weighted by Crippen LogP contribution is -2.37. The molecule has 1 fully saturated rings. The molecule has 6 nitrogen and oxygen atoms in total. The summed E-state index contributed by atoms with van der Waals surface area (Å²) in [5, 5.41) is 4.05. The summed E-state index contributed by atoms with van der Waals surface area (Å²) in [6.07, 6.45) is 1.43. The van der Waals surface area contributed by atoms with Crippen LogP contribution in [0.15, 0.2) is 35.4 Å². The number of rotatable bonds is 4. The first kappa shape index (κ1) is 15.4. The SMILES string of the molecule is Cc1cc(NN=Cc2ccccc2F)nc(N2CCOCC2)n1. The molecule has 0 amide bonds. The zero-order valence-corrected chi connectivity index (χ0v) is 12.9. The number of hydrogen-bond acceptors (Lipinski definition) is 6. The third kappa shape index (κ3) is 4.01. The topological polar surface area (TPSA) is 62.6 Å². The molecule has 0 spiro atoms. The molecule has 120 valence electrons. The molecule has 2 heterocycles. The van der Waals surface area contributed by atoms with E-state index >= 15 is 0 Å². The Morgan fingerprint density at radius 1 is 1.26 bits per heavy atom. The number of aryl methyl sites for hydroxylation is 1. The van der Waals surface area contributed by atoms with Crippen molar-refractivity contribution in [2.75, 3.05) is 36.6 Å². The summed E-state index contributed by atoms with van der Waals surface area (Å²) < 4.78 is 18.9. The maximum absolute atomic E-state index is 13.5. The van der Waals surface area contributed by atoms with Gasteiger partial charge in [-0.1, -0.05) is 18.2 Å². The second kappa shape index (κ2) is 7.15. The highest BCUT2D eigenvalue weighted by Crippen LogP contribution is 2.15. The van der Waals surface area contributed by atoms with Gasteiger partial charge in [0, 0.05) is 30.4 Å². The number of morpholine rings is 1.